The Balaban J connectivity index is 1.40. The molecular formula is C29H36ClN3O3. The molecule has 0 saturated carbocycles. The molecule has 2 aliphatic rings. The number of anilines is 1. The summed E-state index contributed by atoms with van der Waals surface area (Å²) in [7, 11) is 0. The van der Waals surface area contributed by atoms with E-state index in [9.17, 15) is 9.90 Å². The molecule has 3 N–H and O–H groups in total. The standard InChI is InChI=1S/C29H36ClN3O3/c1-18(2)32-27-9-4-20(14-26(27)28(30)31)17-36-24-7-8-25-19(3)23(6-5-22(25)15-24)16-33-12-10-21(11-13-33)29(34)35/h4,7-9,14-15,18,21,31-32H,5-6,10-13,16-17H2,1-3H3,(H,34,35). The second-order valence-corrected chi connectivity index (χ2v) is 10.6. The zero-order valence-corrected chi connectivity index (χ0v) is 22.1. The van der Waals surface area contributed by atoms with Gasteiger partial charge in [-0.05, 0) is 106 Å². The lowest BCUT2D eigenvalue weighted by atomic mass is 9.85. The van der Waals surface area contributed by atoms with Crippen LogP contribution >= 0.6 is 11.6 Å². The van der Waals surface area contributed by atoms with Crippen LogP contribution in [0, 0.1) is 11.3 Å². The summed E-state index contributed by atoms with van der Waals surface area (Å²) in [5, 5.41) is 20.5. The fraction of sp³-hybridized carbons (Fsp3) is 0.448. The highest BCUT2D eigenvalue weighted by Gasteiger charge is 2.26. The molecule has 1 aliphatic heterocycles. The van der Waals surface area contributed by atoms with E-state index in [2.05, 4.69) is 43.1 Å². The van der Waals surface area contributed by atoms with E-state index in [1.807, 2.05) is 24.3 Å². The van der Waals surface area contributed by atoms with Crippen LogP contribution in [0.2, 0.25) is 0 Å². The lowest BCUT2D eigenvalue weighted by molar-refractivity contribution is -0.143. The van der Waals surface area contributed by atoms with Gasteiger partial charge in [0.05, 0.1) is 5.92 Å². The summed E-state index contributed by atoms with van der Waals surface area (Å²) in [6, 6.07) is 12.5. The van der Waals surface area contributed by atoms with Gasteiger partial charge in [0.15, 0.2) is 0 Å². The van der Waals surface area contributed by atoms with Crippen molar-refractivity contribution in [2.24, 2.45) is 5.92 Å². The fourth-order valence-corrected chi connectivity index (χ4v) is 5.32. The number of hydrogen-bond acceptors (Lipinski definition) is 5. The first-order valence-corrected chi connectivity index (χ1v) is 13.1. The van der Waals surface area contributed by atoms with E-state index in [0.717, 1.165) is 62.3 Å². The molecule has 6 nitrogen and oxygen atoms in total. The van der Waals surface area contributed by atoms with E-state index in [0.29, 0.717) is 12.2 Å². The number of rotatable bonds is 9. The van der Waals surface area contributed by atoms with Crippen LogP contribution in [0.3, 0.4) is 0 Å². The summed E-state index contributed by atoms with van der Waals surface area (Å²) >= 11 is 6.04. The number of aliphatic carboxylic acids is 1. The molecule has 0 aromatic heterocycles. The topological polar surface area (TPSA) is 85.7 Å². The van der Waals surface area contributed by atoms with Gasteiger partial charge in [0.2, 0.25) is 0 Å². The number of carboxylic acid groups (broad SMARTS) is 1. The van der Waals surface area contributed by atoms with Crippen LogP contribution in [0.25, 0.3) is 5.57 Å². The highest BCUT2D eigenvalue weighted by atomic mass is 35.5. The number of nitrogens with zero attached hydrogens (tertiary/aromatic N) is 1. The van der Waals surface area contributed by atoms with Crippen molar-refractivity contribution in [1.82, 2.24) is 4.90 Å². The van der Waals surface area contributed by atoms with Gasteiger partial charge in [-0.1, -0.05) is 29.3 Å². The normalized spacial score (nSPS) is 16.7. The van der Waals surface area contributed by atoms with Gasteiger partial charge in [-0.2, -0.15) is 0 Å². The molecule has 0 atom stereocenters. The second-order valence-electron chi connectivity index (χ2n) is 10.2. The van der Waals surface area contributed by atoms with Crippen molar-refractivity contribution in [3.63, 3.8) is 0 Å². The first-order valence-electron chi connectivity index (χ1n) is 12.7. The zero-order valence-electron chi connectivity index (χ0n) is 21.4. The minimum absolute atomic E-state index is 0.0121. The van der Waals surface area contributed by atoms with E-state index in [1.165, 1.54) is 22.3 Å². The summed E-state index contributed by atoms with van der Waals surface area (Å²) in [6.45, 7) is 9.35. The Morgan fingerprint density at radius 3 is 2.61 bits per heavy atom. The SMILES string of the molecule is CC1=C(CN2CCC(C(=O)O)CC2)CCc2cc(OCc3ccc(NC(C)C)c(C(=N)Cl)c3)ccc21. The number of aryl methyl sites for hydroxylation is 1. The summed E-state index contributed by atoms with van der Waals surface area (Å²) in [5.41, 5.74) is 7.87. The van der Waals surface area contributed by atoms with Gasteiger partial charge in [0.25, 0.3) is 0 Å². The molecule has 36 heavy (non-hydrogen) atoms. The third-order valence-corrected chi connectivity index (χ3v) is 7.43. The molecule has 0 radical (unpaired) electrons. The van der Waals surface area contributed by atoms with Crippen molar-refractivity contribution < 1.29 is 14.6 Å². The molecule has 1 fully saturated rings. The predicted molar refractivity (Wildman–Crippen MR) is 146 cm³/mol. The summed E-state index contributed by atoms with van der Waals surface area (Å²) in [4.78, 5) is 13.6. The molecule has 7 heteroatoms. The molecule has 192 valence electrons. The predicted octanol–water partition coefficient (Wildman–Crippen LogP) is 6.17. The first-order chi connectivity index (χ1) is 17.2. The number of hydrogen-bond donors (Lipinski definition) is 3. The molecule has 0 amide bonds. The van der Waals surface area contributed by atoms with E-state index < -0.39 is 5.97 Å². The molecule has 0 spiro atoms. The second kappa shape index (κ2) is 11.5. The van der Waals surface area contributed by atoms with Crippen molar-refractivity contribution in [3.05, 3.63) is 64.2 Å². The number of benzene rings is 2. The molecule has 2 aromatic rings. The van der Waals surface area contributed by atoms with Gasteiger partial charge < -0.3 is 15.2 Å². The minimum Gasteiger partial charge on any atom is -0.489 e. The minimum atomic E-state index is -0.659. The number of carbonyl (C=O) groups is 1. The summed E-state index contributed by atoms with van der Waals surface area (Å²) in [5.74, 6) is -0.00782. The van der Waals surface area contributed by atoms with Crippen molar-refractivity contribution in [1.29, 1.82) is 5.41 Å². The lowest BCUT2D eigenvalue weighted by Crippen LogP contribution is -2.37. The largest absolute Gasteiger partial charge is 0.489 e. The molecule has 1 heterocycles. The van der Waals surface area contributed by atoms with Gasteiger partial charge in [-0.3, -0.25) is 15.1 Å². The van der Waals surface area contributed by atoms with Crippen LogP contribution in [0.1, 0.15) is 62.3 Å². The molecular weight excluding hydrogens is 474 g/mol. The maximum absolute atomic E-state index is 11.2. The fourth-order valence-electron chi connectivity index (χ4n) is 5.17. The summed E-state index contributed by atoms with van der Waals surface area (Å²) in [6.07, 6.45) is 3.48. The Bertz CT molecular complexity index is 1170. The lowest BCUT2D eigenvalue weighted by Gasteiger charge is -2.32. The number of allylic oxidation sites excluding steroid dienone is 1. The monoisotopic (exact) mass is 509 g/mol. The van der Waals surface area contributed by atoms with Crippen LogP contribution in [0.4, 0.5) is 5.69 Å². The average Bonchev–Trinajstić information content (AvgIpc) is 2.85. The smallest absolute Gasteiger partial charge is 0.306 e. The number of nitrogens with one attached hydrogen (secondary N) is 2. The summed E-state index contributed by atoms with van der Waals surface area (Å²) < 4.78 is 6.12. The molecule has 4 rings (SSSR count). The number of halogens is 1. The van der Waals surface area contributed by atoms with Crippen LogP contribution in [-0.2, 0) is 17.8 Å². The Labute approximate surface area is 218 Å². The van der Waals surface area contributed by atoms with E-state index >= 15 is 0 Å². The average molecular weight is 510 g/mol. The molecule has 0 bridgehead atoms. The van der Waals surface area contributed by atoms with Gasteiger partial charge in [-0.15, -0.1) is 0 Å². The Morgan fingerprint density at radius 2 is 1.94 bits per heavy atom. The van der Waals surface area contributed by atoms with E-state index in [4.69, 9.17) is 21.7 Å². The quantitative estimate of drug-likeness (QED) is 0.352. The Hall–Kier alpha value is -2.83. The molecule has 2 aromatic carbocycles. The molecule has 1 saturated heterocycles. The Kier molecular flexibility index (Phi) is 8.37. The Morgan fingerprint density at radius 1 is 1.19 bits per heavy atom. The van der Waals surface area contributed by atoms with Crippen molar-refractivity contribution in [3.8, 4) is 5.75 Å². The van der Waals surface area contributed by atoms with E-state index in [1.54, 1.807) is 0 Å². The third kappa shape index (κ3) is 6.29. The van der Waals surface area contributed by atoms with Crippen molar-refractivity contribution >= 4 is 34.0 Å². The van der Waals surface area contributed by atoms with Crippen LogP contribution in [-0.4, -0.2) is 46.8 Å². The van der Waals surface area contributed by atoms with Crippen LogP contribution < -0.4 is 10.1 Å². The van der Waals surface area contributed by atoms with Gasteiger partial charge in [0.1, 0.15) is 17.5 Å². The molecule has 0 unspecified atom stereocenters. The maximum atomic E-state index is 11.2. The van der Waals surface area contributed by atoms with Crippen molar-refractivity contribution in [2.75, 3.05) is 25.0 Å². The first kappa shape index (κ1) is 26.2. The maximum Gasteiger partial charge on any atom is 0.306 e. The number of fused-ring (bicyclic) bond motifs is 1. The van der Waals surface area contributed by atoms with Crippen LogP contribution in [0.15, 0.2) is 42.0 Å². The number of piperidine rings is 1. The van der Waals surface area contributed by atoms with Crippen molar-refractivity contribution in [2.45, 2.75) is 59.1 Å². The van der Waals surface area contributed by atoms with E-state index in [-0.39, 0.29) is 17.1 Å². The number of ether oxygens (including phenoxy) is 1. The van der Waals surface area contributed by atoms with Gasteiger partial charge in [0, 0.05) is 23.8 Å². The van der Waals surface area contributed by atoms with Crippen LogP contribution in [0.5, 0.6) is 5.75 Å². The molecule has 1 aliphatic carbocycles. The highest BCUT2D eigenvalue weighted by molar-refractivity contribution is 6.69. The number of likely N-dealkylation sites (tertiary alicyclic amines) is 1. The third-order valence-electron chi connectivity index (χ3n) is 7.23. The van der Waals surface area contributed by atoms with Gasteiger partial charge >= 0.3 is 5.97 Å². The van der Waals surface area contributed by atoms with Gasteiger partial charge in [-0.25, -0.2) is 0 Å². The zero-order chi connectivity index (χ0) is 25.8. The number of carboxylic acids is 1. The highest BCUT2D eigenvalue weighted by Crippen LogP contribution is 2.34.